The molecule has 0 atom stereocenters. The molecule has 6 nitrogen and oxygen atoms in total. The second kappa shape index (κ2) is 8.29. The Morgan fingerprint density at radius 2 is 2.04 bits per heavy atom. The van der Waals surface area contributed by atoms with E-state index in [9.17, 15) is 4.79 Å². The number of methoxy groups -OCH3 is 1. The Labute approximate surface area is 157 Å². The number of nitrogens with zero attached hydrogens (tertiary/aromatic N) is 1. The van der Waals surface area contributed by atoms with E-state index in [0.29, 0.717) is 41.8 Å². The van der Waals surface area contributed by atoms with Gasteiger partial charge in [-0.1, -0.05) is 29.8 Å². The Balaban J connectivity index is 1.75. The molecule has 3 rings (SSSR count). The summed E-state index contributed by atoms with van der Waals surface area (Å²) in [5.74, 6) is 0.131. The van der Waals surface area contributed by atoms with E-state index in [1.54, 1.807) is 6.07 Å². The van der Waals surface area contributed by atoms with E-state index in [1.807, 2.05) is 18.2 Å². The van der Waals surface area contributed by atoms with Gasteiger partial charge in [0.05, 0.1) is 36.6 Å². The summed E-state index contributed by atoms with van der Waals surface area (Å²) >= 11 is 6.05. The first-order valence-electron chi connectivity index (χ1n) is 8.42. The fourth-order valence-electron chi connectivity index (χ4n) is 2.96. The number of benzene rings is 2. The van der Waals surface area contributed by atoms with Gasteiger partial charge in [-0.05, 0) is 17.7 Å². The standard InChI is InChI=1S/C19H22ClN3O3/c1-25-18-11-16(21)15(20)10-14(18)19(24)22-12-13-4-2-3-5-17(13)23-6-8-26-9-7-23/h2-5,10-11H,6-9,12,21H2,1H3,(H,22,24). The van der Waals surface area contributed by atoms with Gasteiger partial charge in [-0.15, -0.1) is 0 Å². The molecule has 1 aliphatic heterocycles. The van der Waals surface area contributed by atoms with Crippen LogP contribution in [0.2, 0.25) is 5.02 Å². The molecule has 0 unspecified atom stereocenters. The molecule has 1 saturated heterocycles. The number of morpholine rings is 1. The summed E-state index contributed by atoms with van der Waals surface area (Å²) in [5, 5.41) is 3.26. The predicted molar refractivity (Wildman–Crippen MR) is 103 cm³/mol. The summed E-state index contributed by atoms with van der Waals surface area (Å²) in [4.78, 5) is 14.9. The van der Waals surface area contributed by atoms with E-state index in [4.69, 9.17) is 26.8 Å². The molecule has 1 aliphatic rings. The first kappa shape index (κ1) is 18.4. The summed E-state index contributed by atoms with van der Waals surface area (Å²) in [6.45, 7) is 3.50. The van der Waals surface area contributed by atoms with E-state index in [-0.39, 0.29) is 5.91 Å². The molecule has 3 N–H and O–H groups in total. The van der Waals surface area contributed by atoms with Crippen molar-refractivity contribution in [3.63, 3.8) is 0 Å². The van der Waals surface area contributed by atoms with Crippen molar-refractivity contribution >= 4 is 28.9 Å². The highest BCUT2D eigenvalue weighted by molar-refractivity contribution is 6.33. The number of hydrogen-bond acceptors (Lipinski definition) is 5. The second-order valence-corrected chi connectivity index (χ2v) is 6.39. The summed E-state index contributed by atoms with van der Waals surface area (Å²) < 4.78 is 10.7. The molecule has 1 heterocycles. The number of hydrogen-bond donors (Lipinski definition) is 2. The van der Waals surface area contributed by atoms with E-state index in [1.165, 1.54) is 13.2 Å². The third-order valence-electron chi connectivity index (χ3n) is 4.35. The lowest BCUT2D eigenvalue weighted by molar-refractivity contribution is 0.0947. The van der Waals surface area contributed by atoms with Crippen molar-refractivity contribution in [1.29, 1.82) is 0 Å². The first-order valence-corrected chi connectivity index (χ1v) is 8.79. The zero-order valence-corrected chi connectivity index (χ0v) is 15.4. The highest BCUT2D eigenvalue weighted by Gasteiger charge is 2.17. The molecule has 2 aromatic rings. The van der Waals surface area contributed by atoms with Crippen molar-refractivity contribution in [3.05, 3.63) is 52.5 Å². The molecule has 138 valence electrons. The fraction of sp³-hybridized carbons (Fsp3) is 0.316. The maximum Gasteiger partial charge on any atom is 0.255 e. The van der Waals surface area contributed by atoms with E-state index in [0.717, 1.165) is 24.3 Å². The third kappa shape index (κ3) is 4.03. The quantitative estimate of drug-likeness (QED) is 0.786. The number of halogens is 1. The van der Waals surface area contributed by atoms with Gasteiger partial charge in [0.15, 0.2) is 0 Å². The minimum absolute atomic E-state index is 0.263. The fourth-order valence-corrected chi connectivity index (χ4v) is 3.12. The lowest BCUT2D eigenvalue weighted by Crippen LogP contribution is -2.37. The molecular formula is C19H22ClN3O3. The van der Waals surface area contributed by atoms with Gasteiger partial charge in [0.2, 0.25) is 0 Å². The normalized spacial score (nSPS) is 14.2. The first-order chi connectivity index (χ1) is 12.6. The summed E-state index contributed by atoms with van der Waals surface area (Å²) in [6.07, 6.45) is 0. The molecule has 7 heteroatoms. The van der Waals surface area contributed by atoms with Crippen molar-refractivity contribution in [2.75, 3.05) is 44.0 Å². The number of amides is 1. The number of nitrogens with one attached hydrogen (secondary N) is 1. The minimum atomic E-state index is -0.263. The van der Waals surface area contributed by atoms with Crippen LogP contribution in [0.4, 0.5) is 11.4 Å². The molecule has 0 spiro atoms. The lowest BCUT2D eigenvalue weighted by atomic mass is 10.1. The lowest BCUT2D eigenvalue weighted by Gasteiger charge is -2.30. The van der Waals surface area contributed by atoms with Gasteiger partial charge in [-0.25, -0.2) is 0 Å². The maximum absolute atomic E-state index is 12.6. The Morgan fingerprint density at radius 1 is 1.31 bits per heavy atom. The molecule has 1 fully saturated rings. The number of nitrogen functional groups attached to an aromatic ring is 1. The van der Waals surface area contributed by atoms with Crippen molar-refractivity contribution in [3.8, 4) is 5.75 Å². The van der Waals surface area contributed by atoms with Crippen LogP contribution in [0.3, 0.4) is 0 Å². The molecule has 0 radical (unpaired) electrons. The minimum Gasteiger partial charge on any atom is -0.496 e. The maximum atomic E-state index is 12.6. The molecule has 0 aliphatic carbocycles. The van der Waals surface area contributed by atoms with Crippen molar-refractivity contribution < 1.29 is 14.3 Å². The molecule has 0 aromatic heterocycles. The largest absolute Gasteiger partial charge is 0.496 e. The van der Waals surface area contributed by atoms with Gasteiger partial charge in [0, 0.05) is 31.4 Å². The van der Waals surface area contributed by atoms with Gasteiger partial charge in [0.25, 0.3) is 5.91 Å². The van der Waals surface area contributed by atoms with Crippen molar-refractivity contribution in [2.24, 2.45) is 0 Å². The molecule has 26 heavy (non-hydrogen) atoms. The van der Waals surface area contributed by atoms with Crippen LogP contribution in [0.5, 0.6) is 5.75 Å². The highest BCUT2D eigenvalue weighted by Crippen LogP contribution is 2.29. The third-order valence-corrected chi connectivity index (χ3v) is 4.67. The van der Waals surface area contributed by atoms with Gasteiger partial charge in [0.1, 0.15) is 5.75 Å². The number of carbonyl (C=O) groups is 1. The van der Waals surface area contributed by atoms with Gasteiger partial charge in [-0.2, -0.15) is 0 Å². The smallest absolute Gasteiger partial charge is 0.255 e. The van der Waals surface area contributed by atoms with Crippen LogP contribution in [0.1, 0.15) is 15.9 Å². The van der Waals surface area contributed by atoms with E-state index in [2.05, 4.69) is 16.3 Å². The van der Waals surface area contributed by atoms with Gasteiger partial charge in [-0.3, -0.25) is 4.79 Å². The summed E-state index contributed by atoms with van der Waals surface area (Å²) in [5.41, 5.74) is 8.66. The number of nitrogens with two attached hydrogens (primary N) is 1. The van der Waals surface area contributed by atoms with E-state index < -0.39 is 0 Å². The Kier molecular flexibility index (Phi) is 5.85. The van der Waals surface area contributed by atoms with Crippen LogP contribution < -0.4 is 20.7 Å². The molecule has 0 bridgehead atoms. The number of carbonyl (C=O) groups excluding carboxylic acids is 1. The Morgan fingerprint density at radius 3 is 2.77 bits per heavy atom. The highest BCUT2D eigenvalue weighted by atomic mass is 35.5. The zero-order valence-electron chi connectivity index (χ0n) is 14.6. The number of rotatable bonds is 5. The average Bonchev–Trinajstić information content (AvgIpc) is 2.68. The van der Waals surface area contributed by atoms with Crippen LogP contribution in [0.25, 0.3) is 0 Å². The van der Waals surface area contributed by atoms with Crippen LogP contribution >= 0.6 is 11.6 Å². The van der Waals surface area contributed by atoms with Crippen LogP contribution in [0, 0.1) is 0 Å². The van der Waals surface area contributed by atoms with E-state index >= 15 is 0 Å². The van der Waals surface area contributed by atoms with Crippen LogP contribution in [0.15, 0.2) is 36.4 Å². The monoisotopic (exact) mass is 375 g/mol. The summed E-state index contributed by atoms with van der Waals surface area (Å²) in [6, 6.07) is 11.1. The number of anilines is 2. The SMILES string of the molecule is COc1cc(N)c(Cl)cc1C(=O)NCc1ccccc1N1CCOCC1. The molecule has 0 saturated carbocycles. The Bertz CT molecular complexity index is 792. The van der Waals surface area contributed by atoms with Crippen LogP contribution in [-0.4, -0.2) is 39.3 Å². The summed E-state index contributed by atoms with van der Waals surface area (Å²) in [7, 11) is 1.49. The van der Waals surface area contributed by atoms with Gasteiger partial charge < -0.3 is 25.4 Å². The predicted octanol–water partition coefficient (Wildman–Crippen LogP) is 2.70. The number of para-hydroxylation sites is 1. The number of ether oxygens (including phenoxy) is 2. The molecule has 2 aromatic carbocycles. The van der Waals surface area contributed by atoms with Crippen molar-refractivity contribution in [1.82, 2.24) is 5.32 Å². The molecular weight excluding hydrogens is 354 g/mol. The topological polar surface area (TPSA) is 76.8 Å². The van der Waals surface area contributed by atoms with Crippen LogP contribution in [-0.2, 0) is 11.3 Å². The van der Waals surface area contributed by atoms with Gasteiger partial charge >= 0.3 is 0 Å². The zero-order chi connectivity index (χ0) is 18.5. The second-order valence-electron chi connectivity index (χ2n) is 5.98. The molecule has 1 amide bonds. The van der Waals surface area contributed by atoms with Crippen molar-refractivity contribution in [2.45, 2.75) is 6.54 Å². The Hall–Kier alpha value is -2.44. The average molecular weight is 376 g/mol.